The van der Waals surface area contributed by atoms with Gasteiger partial charge < -0.3 is 19.5 Å². The van der Waals surface area contributed by atoms with Gasteiger partial charge in [0, 0.05) is 12.1 Å². The van der Waals surface area contributed by atoms with Gasteiger partial charge in [-0.2, -0.15) is 0 Å². The second-order valence-electron chi connectivity index (χ2n) is 6.34. The molecular weight excluding hydrogens is 342 g/mol. The van der Waals surface area contributed by atoms with E-state index in [2.05, 4.69) is 5.32 Å². The molecule has 0 saturated heterocycles. The van der Waals surface area contributed by atoms with Gasteiger partial charge in [-0.25, -0.2) is 0 Å². The summed E-state index contributed by atoms with van der Waals surface area (Å²) >= 11 is 0. The Morgan fingerprint density at radius 3 is 2.26 bits per heavy atom. The van der Waals surface area contributed by atoms with Crippen LogP contribution in [0.2, 0.25) is 0 Å². The first-order valence-corrected chi connectivity index (χ1v) is 9.46. The summed E-state index contributed by atoms with van der Waals surface area (Å²) in [7, 11) is 0. The average Bonchev–Trinajstić information content (AvgIpc) is 2.64. The standard InChI is InChI=1S/C22H29NO4/c1-5-25-20-12-7-17(15-21(20)26-6-2)13-14-23-22(24)18-8-10-19(11-9-18)27-16(3)4/h7-12,15-16H,5-6,13-14H2,1-4H3,(H,23,24). The van der Waals surface area contributed by atoms with Crippen molar-refractivity contribution in [2.24, 2.45) is 0 Å². The van der Waals surface area contributed by atoms with Crippen LogP contribution in [-0.2, 0) is 6.42 Å². The SMILES string of the molecule is CCOc1ccc(CCNC(=O)c2ccc(OC(C)C)cc2)cc1OCC. The summed E-state index contributed by atoms with van der Waals surface area (Å²) in [4.78, 5) is 12.3. The van der Waals surface area contributed by atoms with Crippen molar-refractivity contribution in [1.82, 2.24) is 5.32 Å². The van der Waals surface area contributed by atoms with Gasteiger partial charge in [0.05, 0.1) is 19.3 Å². The van der Waals surface area contributed by atoms with Gasteiger partial charge in [-0.05, 0) is 76.1 Å². The molecule has 0 radical (unpaired) electrons. The van der Waals surface area contributed by atoms with Crippen LogP contribution in [0.5, 0.6) is 17.2 Å². The fraction of sp³-hybridized carbons (Fsp3) is 0.409. The van der Waals surface area contributed by atoms with E-state index >= 15 is 0 Å². The Balaban J connectivity index is 1.89. The fourth-order valence-electron chi connectivity index (χ4n) is 2.63. The zero-order chi connectivity index (χ0) is 19.6. The quantitative estimate of drug-likeness (QED) is 0.679. The van der Waals surface area contributed by atoms with Crippen LogP contribution < -0.4 is 19.5 Å². The maximum Gasteiger partial charge on any atom is 0.251 e. The van der Waals surface area contributed by atoms with E-state index in [1.165, 1.54) is 0 Å². The highest BCUT2D eigenvalue weighted by Crippen LogP contribution is 2.28. The zero-order valence-corrected chi connectivity index (χ0v) is 16.6. The fourth-order valence-corrected chi connectivity index (χ4v) is 2.63. The van der Waals surface area contributed by atoms with Gasteiger partial charge in [-0.15, -0.1) is 0 Å². The number of ether oxygens (including phenoxy) is 3. The molecule has 5 nitrogen and oxygen atoms in total. The molecule has 0 aromatic heterocycles. The van der Waals surface area contributed by atoms with Crippen LogP contribution in [0, 0.1) is 0 Å². The molecule has 2 aromatic carbocycles. The van der Waals surface area contributed by atoms with Crippen molar-refractivity contribution < 1.29 is 19.0 Å². The highest BCUT2D eigenvalue weighted by molar-refractivity contribution is 5.94. The lowest BCUT2D eigenvalue weighted by Gasteiger charge is -2.13. The lowest BCUT2D eigenvalue weighted by Crippen LogP contribution is -2.25. The van der Waals surface area contributed by atoms with Gasteiger partial charge in [-0.3, -0.25) is 4.79 Å². The van der Waals surface area contributed by atoms with Crippen LogP contribution in [0.4, 0.5) is 0 Å². The Morgan fingerprint density at radius 2 is 1.63 bits per heavy atom. The number of carbonyl (C=O) groups is 1. The Bertz CT molecular complexity index is 726. The molecule has 0 spiro atoms. The number of carbonyl (C=O) groups excluding carboxylic acids is 1. The van der Waals surface area contributed by atoms with E-state index in [-0.39, 0.29) is 12.0 Å². The second kappa shape index (κ2) is 10.5. The summed E-state index contributed by atoms with van der Waals surface area (Å²) in [5.74, 6) is 2.15. The van der Waals surface area contributed by atoms with Crippen molar-refractivity contribution in [3.8, 4) is 17.2 Å². The molecule has 0 saturated carbocycles. The monoisotopic (exact) mass is 371 g/mol. The van der Waals surface area contributed by atoms with Crippen molar-refractivity contribution in [3.05, 3.63) is 53.6 Å². The molecule has 1 N–H and O–H groups in total. The molecule has 0 aliphatic rings. The molecule has 0 fully saturated rings. The Morgan fingerprint density at radius 1 is 0.963 bits per heavy atom. The molecule has 27 heavy (non-hydrogen) atoms. The van der Waals surface area contributed by atoms with Crippen LogP contribution in [-0.4, -0.2) is 31.8 Å². The summed E-state index contributed by atoms with van der Waals surface area (Å²) < 4.78 is 16.8. The van der Waals surface area contributed by atoms with Gasteiger partial charge in [0.2, 0.25) is 0 Å². The predicted molar refractivity (Wildman–Crippen MR) is 107 cm³/mol. The largest absolute Gasteiger partial charge is 0.491 e. The lowest BCUT2D eigenvalue weighted by atomic mass is 10.1. The van der Waals surface area contributed by atoms with Gasteiger partial charge in [0.15, 0.2) is 11.5 Å². The van der Waals surface area contributed by atoms with E-state index in [1.807, 2.05) is 58.0 Å². The molecule has 0 unspecified atom stereocenters. The smallest absolute Gasteiger partial charge is 0.251 e. The van der Waals surface area contributed by atoms with Crippen LogP contribution >= 0.6 is 0 Å². The van der Waals surface area contributed by atoms with E-state index in [0.29, 0.717) is 31.7 Å². The second-order valence-corrected chi connectivity index (χ2v) is 6.34. The molecule has 2 aromatic rings. The number of benzene rings is 2. The average molecular weight is 371 g/mol. The summed E-state index contributed by atoms with van der Waals surface area (Å²) in [6.45, 7) is 9.55. The first-order valence-electron chi connectivity index (χ1n) is 9.46. The minimum absolute atomic E-state index is 0.0953. The molecule has 0 aliphatic heterocycles. The molecule has 5 heteroatoms. The van der Waals surface area contributed by atoms with Gasteiger partial charge >= 0.3 is 0 Å². The van der Waals surface area contributed by atoms with Crippen LogP contribution in [0.1, 0.15) is 43.6 Å². The summed E-state index contributed by atoms with van der Waals surface area (Å²) in [5, 5.41) is 2.95. The van der Waals surface area contributed by atoms with Gasteiger partial charge in [-0.1, -0.05) is 6.07 Å². The molecule has 2 rings (SSSR count). The minimum Gasteiger partial charge on any atom is -0.491 e. The third kappa shape index (κ3) is 6.51. The molecular formula is C22H29NO4. The molecule has 0 atom stereocenters. The van der Waals surface area contributed by atoms with E-state index in [4.69, 9.17) is 14.2 Å². The van der Waals surface area contributed by atoms with Gasteiger partial charge in [0.1, 0.15) is 5.75 Å². The molecule has 146 valence electrons. The first kappa shape index (κ1) is 20.6. The predicted octanol–water partition coefficient (Wildman–Crippen LogP) is 4.24. The highest BCUT2D eigenvalue weighted by Gasteiger charge is 2.08. The van der Waals surface area contributed by atoms with E-state index in [0.717, 1.165) is 22.8 Å². The number of hydrogen-bond acceptors (Lipinski definition) is 4. The van der Waals surface area contributed by atoms with Crippen molar-refractivity contribution in [2.45, 2.75) is 40.2 Å². The molecule has 0 heterocycles. The van der Waals surface area contributed by atoms with E-state index in [1.54, 1.807) is 12.1 Å². The first-order chi connectivity index (χ1) is 13.0. The van der Waals surface area contributed by atoms with Crippen molar-refractivity contribution in [2.75, 3.05) is 19.8 Å². The topological polar surface area (TPSA) is 56.8 Å². The van der Waals surface area contributed by atoms with Crippen molar-refractivity contribution in [1.29, 1.82) is 0 Å². The Labute approximate surface area is 161 Å². The third-order valence-electron chi connectivity index (χ3n) is 3.80. The number of amides is 1. The number of nitrogens with one attached hydrogen (secondary N) is 1. The zero-order valence-electron chi connectivity index (χ0n) is 16.6. The lowest BCUT2D eigenvalue weighted by molar-refractivity contribution is 0.0954. The van der Waals surface area contributed by atoms with Gasteiger partial charge in [0.25, 0.3) is 5.91 Å². The normalized spacial score (nSPS) is 10.6. The molecule has 0 aliphatic carbocycles. The van der Waals surface area contributed by atoms with Crippen LogP contribution in [0.25, 0.3) is 0 Å². The summed E-state index contributed by atoms with van der Waals surface area (Å²) in [5.41, 5.74) is 1.70. The van der Waals surface area contributed by atoms with Crippen molar-refractivity contribution in [3.63, 3.8) is 0 Å². The minimum atomic E-state index is -0.0953. The molecule has 1 amide bonds. The molecule has 0 bridgehead atoms. The highest BCUT2D eigenvalue weighted by atomic mass is 16.5. The maximum absolute atomic E-state index is 12.3. The number of hydrogen-bond donors (Lipinski definition) is 1. The van der Waals surface area contributed by atoms with Crippen molar-refractivity contribution >= 4 is 5.91 Å². The van der Waals surface area contributed by atoms with E-state index < -0.39 is 0 Å². The number of rotatable bonds is 10. The summed E-state index contributed by atoms with van der Waals surface area (Å²) in [6.07, 6.45) is 0.826. The van der Waals surface area contributed by atoms with Crippen LogP contribution in [0.3, 0.4) is 0 Å². The van der Waals surface area contributed by atoms with Crippen LogP contribution in [0.15, 0.2) is 42.5 Å². The summed E-state index contributed by atoms with van der Waals surface area (Å²) in [6, 6.07) is 13.1. The Kier molecular flexibility index (Phi) is 7.99. The van der Waals surface area contributed by atoms with E-state index in [9.17, 15) is 4.79 Å². The Hall–Kier alpha value is -2.69. The third-order valence-corrected chi connectivity index (χ3v) is 3.80. The maximum atomic E-state index is 12.3.